The summed E-state index contributed by atoms with van der Waals surface area (Å²) in [5, 5.41) is 8.58. The number of rotatable bonds is 8. The molecule has 0 aliphatic carbocycles. The fraction of sp³-hybridized carbons (Fsp3) is 0.192. The number of nitrogens with zero attached hydrogens (tertiary/aromatic N) is 3. The number of amides is 3. The lowest BCUT2D eigenvalue weighted by Crippen LogP contribution is -2.42. The van der Waals surface area contributed by atoms with Crippen LogP contribution in [0.25, 0.3) is 0 Å². The molecule has 0 saturated heterocycles. The predicted octanol–water partition coefficient (Wildman–Crippen LogP) is 4.12. The highest BCUT2D eigenvalue weighted by Gasteiger charge is 2.42. The van der Waals surface area contributed by atoms with E-state index in [-0.39, 0.29) is 29.9 Å². The maximum absolute atomic E-state index is 13.3. The molecule has 2 aliphatic heterocycles. The molecule has 0 saturated carbocycles. The molecule has 0 bridgehead atoms. The van der Waals surface area contributed by atoms with E-state index in [1.165, 1.54) is 4.90 Å². The Morgan fingerprint density at radius 2 is 1.78 bits per heavy atom. The third kappa shape index (κ3) is 5.76. The van der Waals surface area contributed by atoms with Crippen LogP contribution < -0.4 is 10.6 Å². The van der Waals surface area contributed by atoms with Crippen molar-refractivity contribution in [1.82, 2.24) is 15.5 Å². The van der Waals surface area contributed by atoms with Gasteiger partial charge >= 0.3 is 0 Å². The predicted molar refractivity (Wildman–Crippen MR) is 147 cm³/mol. The Balaban J connectivity index is 1.26. The number of thioether (sulfide) groups is 1. The number of amidine groups is 2. The van der Waals surface area contributed by atoms with Gasteiger partial charge in [0, 0.05) is 22.0 Å². The van der Waals surface area contributed by atoms with Gasteiger partial charge in [-0.1, -0.05) is 59.8 Å². The highest BCUT2D eigenvalue weighted by molar-refractivity contribution is 8.14. The molecule has 2 N–H and O–H groups in total. The highest BCUT2D eigenvalue weighted by atomic mass is 35.5. The average Bonchev–Trinajstić information content (AvgIpc) is 3.54. The Kier molecular flexibility index (Phi) is 7.68. The molecule has 188 valence electrons. The molecule has 0 spiro atoms. The molecule has 2 aromatic carbocycles. The van der Waals surface area contributed by atoms with Crippen LogP contribution in [0.1, 0.15) is 22.4 Å². The molecule has 0 unspecified atom stereocenters. The first-order valence-corrected chi connectivity index (χ1v) is 13.8. The van der Waals surface area contributed by atoms with Crippen molar-refractivity contribution < 1.29 is 14.4 Å². The second kappa shape index (κ2) is 11.3. The summed E-state index contributed by atoms with van der Waals surface area (Å²) < 4.78 is 0. The third-order valence-corrected chi connectivity index (χ3v) is 7.92. The van der Waals surface area contributed by atoms with Crippen molar-refractivity contribution in [3.63, 3.8) is 0 Å². The normalized spacial score (nSPS) is 16.0. The van der Waals surface area contributed by atoms with Crippen molar-refractivity contribution in [3.8, 4) is 0 Å². The van der Waals surface area contributed by atoms with E-state index >= 15 is 0 Å². The minimum atomic E-state index is -0.857. The van der Waals surface area contributed by atoms with Gasteiger partial charge in [-0.15, -0.1) is 11.3 Å². The van der Waals surface area contributed by atoms with Crippen LogP contribution in [0.5, 0.6) is 0 Å². The quantitative estimate of drug-likeness (QED) is 0.439. The largest absolute Gasteiger partial charge is 0.351 e. The lowest BCUT2D eigenvalue weighted by molar-refractivity contribution is -0.128. The molecule has 0 radical (unpaired) electrons. The lowest BCUT2D eigenvalue weighted by atomic mass is 10.1. The smallest absolute Gasteiger partial charge is 0.259 e. The van der Waals surface area contributed by atoms with E-state index < -0.39 is 6.04 Å². The van der Waals surface area contributed by atoms with Gasteiger partial charge in [-0.05, 0) is 35.2 Å². The topological polar surface area (TPSA) is 103 Å². The van der Waals surface area contributed by atoms with Crippen LogP contribution in [0.15, 0.2) is 76.0 Å². The summed E-state index contributed by atoms with van der Waals surface area (Å²) in [6.45, 7) is 0.707. The highest BCUT2D eigenvalue weighted by Crippen LogP contribution is 2.34. The Morgan fingerprint density at radius 1 is 1.00 bits per heavy atom. The van der Waals surface area contributed by atoms with Crippen molar-refractivity contribution >= 4 is 69.1 Å². The van der Waals surface area contributed by atoms with Gasteiger partial charge in [0.1, 0.15) is 11.9 Å². The summed E-state index contributed by atoms with van der Waals surface area (Å²) in [6.07, 6.45) is -0.0668. The lowest BCUT2D eigenvalue weighted by Gasteiger charge is -2.25. The van der Waals surface area contributed by atoms with Crippen molar-refractivity contribution in [1.29, 1.82) is 0 Å². The summed E-state index contributed by atoms with van der Waals surface area (Å²) in [5.41, 5.74) is 2.19. The van der Waals surface area contributed by atoms with Gasteiger partial charge in [0.15, 0.2) is 5.17 Å². The summed E-state index contributed by atoms with van der Waals surface area (Å²) in [7, 11) is 0. The number of nitrogens with one attached hydrogen (secondary N) is 2. The van der Waals surface area contributed by atoms with E-state index in [4.69, 9.17) is 11.6 Å². The number of carbonyl (C=O) groups excluding carboxylic acids is 3. The Hall–Kier alpha value is -3.47. The molecule has 3 aromatic rings. The minimum absolute atomic E-state index is 0.0501. The van der Waals surface area contributed by atoms with Gasteiger partial charge in [0.2, 0.25) is 11.8 Å². The molecule has 8 nitrogen and oxygen atoms in total. The van der Waals surface area contributed by atoms with E-state index in [1.807, 2.05) is 60.0 Å². The van der Waals surface area contributed by atoms with Crippen LogP contribution in [-0.2, 0) is 27.5 Å². The fourth-order valence-electron chi connectivity index (χ4n) is 3.90. The van der Waals surface area contributed by atoms with Crippen molar-refractivity contribution in [3.05, 3.63) is 87.1 Å². The van der Waals surface area contributed by atoms with Crippen LogP contribution in [0.2, 0.25) is 5.02 Å². The van der Waals surface area contributed by atoms with E-state index in [0.717, 1.165) is 22.2 Å². The Morgan fingerprint density at radius 3 is 2.59 bits per heavy atom. The van der Waals surface area contributed by atoms with Gasteiger partial charge in [0.25, 0.3) is 5.91 Å². The molecule has 37 heavy (non-hydrogen) atoms. The first kappa shape index (κ1) is 25.2. The van der Waals surface area contributed by atoms with Crippen LogP contribution in [-0.4, -0.2) is 45.4 Å². The number of thiophene rings is 1. The van der Waals surface area contributed by atoms with Crippen molar-refractivity contribution in [2.45, 2.75) is 25.6 Å². The van der Waals surface area contributed by atoms with Crippen molar-refractivity contribution in [2.24, 2.45) is 9.98 Å². The monoisotopic (exact) mass is 551 g/mol. The van der Waals surface area contributed by atoms with E-state index in [2.05, 4.69) is 20.6 Å². The van der Waals surface area contributed by atoms with E-state index in [9.17, 15) is 14.4 Å². The second-order valence-corrected chi connectivity index (χ2v) is 10.7. The maximum Gasteiger partial charge on any atom is 0.259 e. The minimum Gasteiger partial charge on any atom is -0.351 e. The number of halogens is 1. The first-order valence-electron chi connectivity index (χ1n) is 11.5. The zero-order valence-electron chi connectivity index (χ0n) is 19.5. The van der Waals surface area contributed by atoms with Crippen LogP contribution in [0.3, 0.4) is 0 Å². The molecule has 3 heterocycles. The van der Waals surface area contributed by atoms with Gasteiger partial charge in [0.05, 0.1) is 24.4 Å². The molecule has 0 fully saturated rings. The molecular weight excluding hydrogens is 530 g/mol. The average molecular weight is 552 g/mol. The van der Waals surface area contributed by atoms with Crippen molar-refractivity contribution in [2.75, 3.05) is 5.75 Å². The number of hydrogen-bond acceptors (Lipinski definition) is 7. The van der Waals surface area contributed by atoms with Crippen LogP contribution >= 0.6 is 34.7 Å². The van der Waals surface area contributed by atoms with Gasteiger partial charge < -0.3 is 10.6 Å². The standard InChI is InChI=1S/C26H22ClN5O3S2/c27-19-9-3-1-6-16(19)13-28-23(34)15-37-26-31-20-10-4-2-8-18(20)24-30-21(25(35)32(24)26)12-22(33)29-14-17-7-5-11-36-17/h1-11,21H,12-15H2,(H,28,34)(H,29,33)/t21-/m1/s1. The number of carbonyl (C=O) groups is 3. The fourth-order valence-corrected chi connectivity index (χ4v) is 5.57. The van der Waals surface area contributed by atoms with E-state index in [1.54, 1.807) is 17.4 Å². The Bertz CT molecular complexity index is 1410. The van der Waals surface area contributed by atoms with Crippen LogP contribution in [0, 0.1) is 0 Å². The first-order chi connectivity index (χ1) is 18.0. The number of para-hydroxylation sites is 1. The molecule has 11 heteroatoms. The third-order valence-electron chi connectivity index (χ3n) is 5.73. The van der Waals surface area contributed by atoms with Crippen LogP contribution in [0.4, 0.5) is 5.69 Å². The summed E-state index contributed by atoms with van der Waals surface area (Å²) in [5.74, 6) is -0.311. The second-order valence-electron chi connectivity index (χ2n) is 8.27. The van der Waals surface area contributed by atoms with Gasteiger partial charge in [-0.2, -0.15) is 0 Å². The summed E-state index contributed by atoms with van der Waals surface area (Å²) in [4.78, 5) is 50.1. The molecule has 3 amide bonds. The zero-order chi connectivity index (χ0) is 25.8. The SMILES string of the molecule is O=C(CSC1=Nc2ccccc2C2=N[C@H](CC(=O)NCc3cccs3)C(=O)N12)NCc1ccccc1Cl. The number of aliphatic imine (C=N–C) groups is 2. The molecular formula is C26H22ClN5O3S2. The zero-order valence-corrected chi connectivity index (χ0v) is 21.9. The molecule has 1 atom stereocenters. The van der Waals surface area contributed by atoms with E-state index in [0.29, 0.717) is 40.4 Å². The van der Waals surface area contributed by atoms with Gasteiger partial charge in [-0.25, -0.2) is 9.89 Å². The Labute approximate surface area is 226 Å². The molecule has 5 rings (SSSR count). The van der Waals surface area contributed by atoms with Gasteiger partial charge in [-0.3, -0.25) is 19.4 Å². The molecule has 2 aliphatic rings. The molecule has 1 aromatic heterocycles. The maximum atomic E-state index is 13.3. The summed E-state index contributed by atoms with van der Waals surface area (Å²) in [6, 6.07) is 17.7. The summed E-state index contributed by atoms with van der Waals surface area (Å²) >= 11 is 8.87. The number of benzene rings is 2. The number of fused-ring (bicyclic) bond motifs is 3. The number of hydrogen-bond donors (Lipinski definition) is 2.